The molecule has 0 aromatic carbocycles. The molecule has 182 valence electrons. The highest BCUT2D eigenvalue weighted by Gasteiger charge is 2.70. The topological polar surface area (TPSA) is 40.5 Å². The molecule has 0 radical (unpaired) electrons. The molecule has 0 amide bonds. The molecule has 10 atom stereocenters. The van der Waals surface area contributed by atoms with Crippen LogP contribution in [0.2, 0.25) is 0 Å². The first-order valence-electron chi connectivity index (χ1n) is 13.8. The van der Waals surface area contributed by atoms with Crippen LogP contribution in [0.3, 0.4) is 0 Å². The van der Waals surface area contributed by atoms with Gasteiger partial charge in [-0.1, -0.05) is 46.8 Å². The molecule has 5 fully saturated rings. The van der Waals surface area contributed by atoms with Gasteiger partial charge in [0.25, 0.3) is 0 Å². The van der Waals surface area contributed by atoms with E-state index in [1.54, 1.807) is 0 Å². The van der Waals surface area contributed by atoms with Crippen LogP contribution in [0.15, 0.2) is 12.2 Å². The van der Waals surface area contributed by atoms with Gasteiger partial charge in [0, 0.05) is 6.61 Å². The molecule has 2 heteroatoms. The van der Waals surface area contributed by atoms with Crippen LogP contribution in [0, 0.1) is 56.7 Å². The Hall–Kier alpha value is -0.340. The molecule has 5 aliphatic carbocycles. The third kappa shape index (κ3) is 2.66. The zero-order chi connectivity index (χ0) is 23.3. The highest BCUT2D eigenvalue weighted by atomic mass is 16.3. The molecule has 5 rings (SSSR count). The first kappa shape index (κ1) is 23.4. The fraction of sp³-hybridized carbons (Fsp3) is 0.933. The summed E-state index contributed by atoms with van der Waals surface area (Å²) in [5.74, 6) is 3.33. The van der Waals surface area contributed by atoms with E-state index in [0.29, 0.717) is 40.6 Å². The van der Waals surface area contributed by atoms with Crippen LogP contribution in [0.5, 0.6) is 0 Å². The molecule has 0 aromatic heterocycles. The van der Waals surface area contributed by atoms with Gasteiger partial charge in [-0.15, -0.1) is 0 Å². The molecular formula is C30H50O2. The molecular weight excluding hydrogens is 392 g/mol. The summed E-state index contributed by atoms with van der Waals surface area (Å²) in [6, 6.07) is 0. The minimum absolute atomic E-state index is 0.0290. The predicted molar refractivity (Wildman–Crippen MR) is 132 cm³/mol. The Balaban J connectivity index is 1.55. The van der Waals surface area contributed by atoms with Crippen molar-refractivity contribution >= 4 is 0 Å². The van der Waals surface area contributed by atoms with Gasteiger partial charge in [-0.2, -0.15) is 0 Å². The Morgan fingerprint density at radius 1 is 0.812 bits per heavy atom. The highest BCUT2D eigenvalue weighted by Crippen LogP contribution is 2.77. The van der Waals surface area contributed by atoms with E-state index in [-0.39, 0.29) is 16.9 Å². The van der Waals surface area contributed by atoms with E-state index in [1.165, 1.54) is 63.4 Å². The van der Waals surface area contributed by atoms with Gasteiger partial charge in [-0.25, -0.2) is 0 Å². The van der Waals surface area contributed by atoms with Gasteiger partial charge in [0.15, 0.2) is 0 Å². The molecule has 5 unspecified atom stereocenters. The third-order valence-corrected chi connectivity index (χ3v) is 13.5. The SMILES string of the molecule is C=C(C)[C@@H]1CCC2(CO)CC[C@]3(C)C(CC[C@@H]4C5(C)CCC(O)C(C)(C)[C@@H]5CCC43C)[C@@H]12. The molecule has 0 saturated heterocycles. The number of allylic oxidation sites excluding steroid dienone is 1. The van der Waals surface area contributed by atoms with Crippen molar-refractivity contribution in [1.29, 1.82) is 0 Å². The second kappa shape index (κ2) is 7.09. The molecule has 32 heavy (non-hydrogen) atoms. The maximum atomic E-state index is 10.9. The van der Waals surface area contributed by atoms with Crippen molar-refractivity contribution < 1.29 is 10.2 Å². The van der Waals surface area contributed by atoms with E-state index in [2.05, 4.69) is 48.1 Å². The molecule has 0 heterocycles. The summed E-state index contributed by atoms with van der Waals surface area (Å²) in [5.41, 5.74) is 2.60. The lowest BCUT2D eigenvalue weighted by molar-refractivity contribution is -0.249. The Kier molecular flexibility index (Phi) is 5.19. The van der Waals surface area contributed by atoms with Crippen molar-refractivity contribution in [2.75, 3.05) is 6.61 Å². The summed E-state index contributed by atoms with van der Waals surface area (Å²) in [7, 11) is 0. The van der Waals surface area contributed by atoms with Crippen LogP contribution in [0.4, 0.5) is 0 Å². The monoisotopic (exact) mass is 442 g/mol. The van der Waals surface area contributed by atoms with Gasteiger partial charge in [0.05, 0.1) is 6.10 Å². The lowest BCUT2D eigenvalue weighted by atomic mass is 9.32. The van der Waals surface area contributed by atoms with Crippen molar-refractivity contribution in [3.05, 3.63) is 12.2 Å². The summed E-state index contributed by atoms with van der Waals surface area (Å²) in [4.78, 5) is 0. The summed E-state index contributed by atoms with van der Waals surface area (Å²) in [6.45, 7) is 19.7. The van der Waals surface area contributed by atoms with Gasteiger partial charge in [0.2, 0.25) is 0 Å². The van der Waals surface area contributed by atoms with Crippen LogP contribution in [0.25, 0.3) is 0 Å². The number of aliphatic hydroxyl groups excluding tert-OH is 2. The molecule has 0 aromatic rings. The Morgan fingerprint density at radius 2 is 1.53 bits per heavy atom. The van der Waals surface area contributed by atoms with E-state index in [0.717, 1.165) is 18.3 Å². The van der Waals surface area contributed by atoms with Crippen molar-refractivity contribution in [1.82, 2.24) is 0 Å². The van der Waals surface area contributed by atoms with Crippen LogP contribution in [-0.2, 0) is 0 Å². The zero-order valence-corrected chi connectivity index (χ0v) is 21.8. The summed E-state index contributed by atoms with van der Waals surface area (Å²) < 4.78 is 0. The molecule has 0 spiro atoms. The van der Waals surface area contributed by atoms with Gasteiger partial charge in [-0.05, 0) is 128 Å². The number of rotatable bonds is 2. The fourth-order valence-corrected chi connectivity index (χ4v) is 11.5. The quantitative estimate of drug-likeness (QED) is 0.452. The average molecular weight is 443 g/mol. The van der Waals surface area contributed by atoms with Crippen LogP contribution in [0.1, 0.15) is 106 Å². The van der Waals surface area contributed by atoms with Gasteiger partial charge in [-0.3, -0.25) is 0 Å². The molecule has 2 N–H and O–H groups in total. The van der Waals surface area contributed by atoms with Crippen molar-refractivity contribution in [2.24, 2.45) is 56.7 Å². The predicted octanol–water partition coefficient (Wildman–Crippen LogP) is 7.00. The lowest BCUT2D eigenvalue weighted by Crippen LogP contribution is -2.66. The maximum Gasteiger partial charge on any atom is 0.0594 e. The first-order valence-corrected chi connectivity index (χ1v) is 13.8. The van der Waals surface area contributed by atoms with Crippen molar-refractivity contribution in [3.63, 3.8) is 0 Å². The minimum atomic E-state index is -0.147. The molecule has 5 saturated carbocycles. The average Bonchev–Trinajstić information content (AvgIpc) is 3.12. The maximum absolute atomic E-state index is 10.9. The normalized spacial score (nSPS) is 56.5. The van der Waals surface area contributed by atoms with E-state index in [1.807, 2.05) is 0 Å². The van der Waals surface area contributed by atoms with E-state index >= 15 is 0 Å². The van der Waals surface area contributed by atoms with Gasteiger partial charge in [0.1, 0.15) is 0 Å². The molecule has 0 aliphatic heterocycles. The summed E-state index contributed by atoms with van der Waals surface area (Å²) >= 11 is 0. The zero-order valence-electron chi connectivity index (χ0n) is 21.8. The van der Waals surface area contributed by atoms with Crippen LogP contribution in [-0.4, -0.2) is 22.9 Å². The van der Waals surface area contributed by atoms with E-state index < -0.39 is 0 Å². The standard InChI is InChI=1S/C30H50O2/c1-19(2)20-10-15-30(18-31)17-16-28(6)21(25(20)30)8-9-23-27(5)13-12-24(32)26(3,4)22(27)11-14-29(23,28)7/h20-25,31-32H,1,8-18H2,2-7H3/t20-,21?,22-,23+,24?,25+,27?,28+,29?,30?/m0/s1. The second-order valence-corrected chi connectivity index (χ2v) is 14.6. The number of hydrogen-bond acceptors (Lipinski definition) is 2. The van der Waals surface area contributed by atoms with Crippen LogP contribution < -0.4 is 0 Å². The fourth-order valence-electron chi connectivity index (χ4n) is 11.5. The van der Waals surface area contributed by atoms with Gasteiger partial charge < -0.3 is 10.2 Å². The van der Waals surface area contributed by atoms with Crippen molar-refractivity contribution in [3.8, 4) is 0 Å². The molecule has 5 aliphatic rings. The molecule has 0 bridgehead atoms. The highest BCUT2D eigenvalue weighted by molar-refractivity contribution is 5.21. The Labute approximate surface area is 197 Å². The Morgan fingerprint density at radius 3 is 2.19 bits per heavy atom. The minimum Gasteiger partial charge on any atom is -0.396 e. The number of aliphatic hydroxyl groups is 2. The smallest absolute Gasteiger partial charge is 0.0594 e. The summed E-state index contributed by atoms with van der Waals surface area (Å²) in [5, 5.41) is 21.5. The Bertz CT molecular complexity index is 786. The molecule has 2 nitrogen and oxygen atoms in total. The van der Waals surface area contributed by atoms with Crippen molar-refractivity contribution in [2.45, 2.75) is 112 Å². The number of hydrogen-bond donors (Lipinski definition) is 2. The first-order chi connectivity index (χ1) is 14.9. The van der Waals surface area contributed by atoms with Crippen LogP contribution >= 0.6 is 0 Å². The third-order valence-electron chi connectivity index (χ3n) is 13.5. The van der Waals surface area contributed by atoms with E-state index in [9.17, 15) is 10.2 Å². The second-order valence-electron chi connectivity index (χ2n) is 14.6. The largest absolute Gasteiger partial charge is 0.396 e. The van der Waals surface area contributed by atoms with E-state index in [4.69, 9.17) is 0 Å². The van der Waals surface area contributed by atoms with Gasteiger partial charge >= 0.3 is 0 Å². The lowest BCUT2D eigenvalue weighted by Gasteiger charge is -2.73. The number of fused-ring (bicyclic) bond motifs is 7. The summed E-state index contributed by atoms with van der Waals surface area (Å²) in [6.07, 6.45) is 12.2.